The molecule has 3 rings (SSSR count). The van der Waals surface area contributed by atoms with Gasteiger partial charge in [0.1, 0.15) is 6.61 Å². The SMILES string of the molecule is CCN(CC1COc2ccccc2O1)C(=O)C1CCCCC1(C)N. The number of nitrogens with two attached hydrogens (primary N) is 1. The molecule has 1 fully saturated rings. The molecule has 5 nitrogen and oxygen atoms in total. The van der Waals surface area contributed by atoms with Gasteiger partial charge in [-0.05, 0) is 38.8 Å². The van der Waals surface area contributed by atoms with Crippen LogP contribution in [0.15, 0.2) is 24.3 Å². The maximum absolute atomic E-state index is 13.0. The first-order valence-electron chi connectivity index (χ1n) is 8.97. The molecule has 5 heteroatoms. The molecule has 1 saturated carbocycles. The Morgan fingerprint density at radius 2 is 2.08 bits per heavy atom. The summed E-state index contributed by atoms with van der Waals surface area (Å²) >= 11 is 0. The van der Waals surface area contributed by atoms with Crippen molar-refractivity contribution in [1.82, 2.24) is 4.90 Å². The quantitative estimate of drug-likeness (QED) is 0.920. The molecule has 1 aliphatic heterocycles. The highest BCUT2D eigenvalue weighted by Crippen LogP contribution is 2.34. The van der Waals surface area contributed by atoms with Crippen LogP contribution in [0, 0.1) is 5.92 Å². The summed E-state index contributed by atoms with van der Waals surface area (Å²) in [5.74, 6) is 1.58. The summed E-state index contributed by atoms with van der Waals surface area (Å²) in [6, 6.07) is 7.65. The number of rotatable bonds is 4. The average Bonchev–Trinajstić information content (AvgIpc) is 2.58. The fourth-order valence-corrected chi connectivity index (χ4v) is 3.76. The molecule has 1 aromatic rings. The van der Waals surface area contributed by atoms with E-state index in [0.29, 0.717) is 19.7 Å². The van der Waals surface area contributed by atoms with Crippen molar-refractivity contribution in [2.24, 2.45) is 11.7 Å². The highest BCUT2D eigenvalue weighted by Gasteiger charge is 2.40. The van der Waals surface area contributed by atoms with E-state index in [1.807, 2.05) is 43.0 Å². The lowest BCUT2D eigenvalue weighted by atomic mass is 9.74. The molecule has 1 aliphatic carbocycles. The van der Waals surface area contributed by atoms with E-state index in [9.17, 15) is 4.79 Å². The van der Waals surface area contributed by atoms with Gasteiger partial charge in [0.05, 0.1) is 12.5 Å². The number of likely N-dealkylation sites (N-methyl/N-ethyl adjacent to an activating group) is 1. The maximum Gasteiger partial charge on any atom is 0.227 e. The third kappa shape index (κ3) is 3.51. The van der Waals surface area contributed by atoms with Gasteiger partial charge in [0.2, 0.25) is 5.91 Å². The fourth-order valence-electron chi connectivity index (χ4n) is 3.76. The van der Waals surface area contributed by atoms with Crippen molar-refractivity contribution in [3.05, 3.63) is 24.3 Å². The molecule has 132 valence electrons. The van der Waals surface area contributed by atoms with Gasteiger partial charge in [-0.15, -0.1) is 0 Å². The summed E-state index contributed by atoms with van der Waals surface area (Å²) in [7, 11) is 0. The Morgan fingerprint density at radius 3 is 2.79 bits per heavy atom. The Morgan fingerprint density at radius 1 is 1.33 bits per heavy atom. The Balaban J connectivity index is 1.65. The number of para-hydroxylation sites is 2. The van der Waals surface area contributed by atoms with Crippen LogP contribution in [0.1, 0.15) is 39.5 Å². The average molecular weight is 332 g/mol. The Kier molecular flexibility index (Phi) is 4.99. The topological polar surface area (TPSA) is 64.8 Å². The molecule has 0 spiro atoms. The van der Waals surface area contributed by atoms with Gasteiger partial charge in [-0.1, -0.05) is 25.0 Å². The van der Waals surface area contributed by atoms with Crippen LogP contribution in [0.3, 0.4) is 0 Å². The molecule has 24 heavy (non-hydrogen) atoms. The molecule has 3 unspecified atom stereocenters. The van der Waals surface area contributed by atoms with E-state index in [0.717, 1.165) is 37.2 Å². The van der Waals surface area contributed by atoms with Crippen LogP contribution in [0.5, 0.6) is 11.5 Å². The summed E-state index contributed by atoms with van der Waals surface area (Å²) in [5, 5.41) is 0. The van der Waals surface area contributed by atoms with E-state index in [1.54, 1.807) is 0 Å². The van der Waals surface area contributed by atoms with Crippen LogP contribution in [0.2, 0.25) is 0 Å². The van der Waals surface area contributed by atoms with Gasteiger partial charge >= 0.3 is 0 Å². The lowest BCUT2D eigenvalue weighted by Gasteiger charge is -2.40. The second-order valence-electron chi connectivity index (χ2n) is 7.18. The zero-order valence-electron chi connectivity index (χ0n) is 14.7. The van der Waals surface area contributed by atoms with Gasteiger partial charge in [0.15, 0.2) is 17.6 Å². The molecular weight excluding hydrogens is 304 g/mol. The van der Waals surface area contributed by atoms with Crippen molar-refractivity contribution in [2.45, 2.75) is 51.2 Å². The van der Waals surface area contributed by atoms with Gasteiger partial charge in [0, 0.05) is 12.1 Å². The van der Waals surface area contributed by atoms with Crippen molar-refractivity contribution in [3.8, 4) is 11.5 Å². The summed E-state index contributed by atoms with van der Waals surface area (Å²) in [6.45, 7) is 5.68. The molecule has 2 aliphatic rings. The lowest BCUT2D eigenvalue weighted by molar-refractivity contribution is -0.140. The third-order valence-electron chi connectivity index (χ3n) is 5.24. The second-order valence-corrected chi connectivity index (χ2v) is 7.18. The predicted octanol–water partition coefficient (Wildman–Crippen LogP) is 2.58. The van der Waals surface area contributed by atoms with E-state index in [1.165, 1.54) is 0 Å². The van der Waals surface area contributed by atoms with Crippen molar-refractivity contribution >= 4 is 5.91 Å². The van der Waals surface area contributed by atoms with Crippen molar-refractivity contribution in [1.29, 1.82) is 0 Å². The molecule has 0 saturated heterocycles. The number of amides is 1. The van der Waals surface area contributed by atoms with E-state index < -0.39 is 5.54 Å². The standard InChI is InChI=1S/C19H28N2O3/c1-3-21(18(22)15-8-6-7-11-19(15,2)20)12-14-13-23-16-9-4-5-10-17(16)24-14/h4-5,9-10,14-15H,3,6-8,11-13,20H2,1-2H3. The third-order valence-corrected chi connectivity index (χ3v) is 5.24. The van der Waals surface area contributed by atoms with Gasteiger partial charge in [-0.3, -0.25) is 4.79 Å². The minimum Gasteiger partial charge on any atom is -0.486 e. The molecule has 1 amide bonds. The first-order chi connectivity index (χ1) is 11.5. The van der Waals surface area contributed by atoms with E-state index >= 15 is 0 Å². The number of fused-ring (bicyclic) bond motifs is 1. The largest absolute Gasteiger partial charge is 0.486 e. The highest BCUT2D eigenvalue weighted by molar-refractivity contribution is 5.80. The molecule has 0 radical (unpaired) electrons. The van der Waals surface area contributed by atoms with Gasteiger partial charge in [-0.25, -0.2) is 0 Å². The highest BCUT2D eigenvalue weighted by atomic mass is 16.6. The number of nitrogens with zero attached hydrogens (tertiary/aromatic N) is 1. The number of carbonyl (C=O) groups excluding carboxylic acids is 1. The first kappa shape index (κ1) is 17.1. The molecule has 0 aromatic heterocycles. The second kappa shape index (κ2) is 7.01. The van der Waals surface area contributed by atoms with Crippen molar-refractivity contribution in [2.75, 3.05) is 19.7 Å². The van der Waals surface area contributed by atoms with Crippen molar-refractivity contribution < 1.29 is 14.3 Å². The number of ether oxygens (including phenoxy) is 2. The summed E-state index contributed by atoms with van der Waals surface area (Å²) < 4.78 is 11.8. The zero-order valence-corrected chi connectivity index (χ0v) is 14.7. The van der Waals surface area contributed by atoms with Gasteiger partial charge in [-0.2, -0.15) is 0 Å². The van der Waals surface area contributed by atoms with Crippen LogP contribution in [0.4, 0.5) is 0 Å². The van der Waals surface area contributed by atoms with E-state index in [4.69, 9.17) is 15.2 Å². The monoisotopic (exact) mass is 332 g/mol. The lowest BCUT2D eigenvalue weighted by Crippen LogP contribution is -2.55. The molecule has 1 aromatic carbocycles. The van der Waals surface area contributed by atoms with Gasteiger partial charge in [0.25, 0.3) is 0 Å². The van der Waals surface area contributed by atoms with Crippen LogP contribution >= 0.6 is 0 Å². The minimum atomic E-state index is -0.403. The molecule has 0 bridgehead atoms. The van der Waals surface area contributed by atoms with Crippen LogP contribution in [0.25, 0.3) is 0 Å². The van der Waals surface area contributed by atoms with Crippen LogP contribution < -0.4 is 15.2 Å². The van der Waals surface area contributed by atoms with Crippen molar-refractivity contribution in [3.63, 3.8) is 0 Å². The normalized spacial score (nSPS) is 29.1. The maximum atomic E-state index is 13.0. The van der Waals surface area contributed by atoms with Crippen LogP contribution in [-0.2, 0) is 4.79 Å². The minimum absolute atomic E-state index is 0.0944. The number of hydrogen-bond acceptors (Lipinski definition) is 4. The first-order valence-corrected chi connectivity index (χ1v) is 8.97. The Labute approximate surface area is 144 Å². The molecular formula is C19H28N2O3. The molecule has 1 heterocycles. The van der Waals surface area contributed by atoms with Gasteiger partial charge < -0.3 is 20.1 Å². The number of hydrogen-bond donors (Lipinski definition) is 1. The summed E-state index contributed by atoms with van der Waals surface area (Å²) in [5.41, 5.74) is 6.00. The Hall–Kier alpha value is -1.75. The number of benzene rings is 1. The summed E-state index contributed by atoms with van der Waals surface area (Å²) in [6.07, 6.45) is 3.84. The summed E-state index contributed by atoms with van der Waals surface area (Å²) in [4.78, 5) is 14.9. The Bertz CT molecular complexity index is 588. The molecule has 2 N–H and O–H groups in total. The van der Waals surface area contributed by atoms with E-state index in [-0.39, 0.29) is 17.9 Å². The molecule has 3 atom stereocenters. The fraction of sp³-hybridized carbons (Fsp3) is 0.632. The van der Waals surface area contributed by atoms with Crippen LogP contribution in [-0.4, -0.2) is 42.1 Å². The smallest absolute Gasteiger partial charge is 0.227 e. The zero-order chi connectivity index (χ0) is 17.2. The predicted molar refractivity (Wildman–Crippen MR) is 93.2 cm³/mol. The van der Waals surface area contributed by atoms with E-state index in [2.05, 4.69) is 0 Å². The number of carbonyl (C=O) groups is 1.